The number of benzene rings is 1. The Kier molecular flexibility index (Phi) is 6.71. The fourth-order valence-corrected chi connectivity index (χ4v) is 5.48. The summed E-state index contributed by atoms with van der Waals surface area (Å²) in [5.41, 5.74) is 6.79. The number of hydrogen-bond acceptors (Lipinski definition) is 5. The molecule has 0 saturated carbocycles. The topological polar surface area (TPSA) is 87.5 Å². The van der Waals surface area contributed by atoms with E-state index in [0.717, 1.165) is 54.2 Å². The molecule has 4 aromatic rings. The van der Waals surface area contributed by atoms with E-state index in [1.807, 2.05) is 13.8 Å². The zero-order chi connectivity index (χ0) is 25.4. The van der Waals surface area contributed by atoms with Gasteiger partial charge >= 0.3 is 0 Å². The highest BCUT2D eigenvalue weighted by Gasteiger charge is 2.24. The minimum absolute atomic E-state index is 0.0864. The second-order valence-corrected chi connectivity index (χ2v) is 10.0. The maximum atomic E-state index is 11.8. The van der Waals surface area contributed by atoms with E-state index < -0.39 is 0 Å². The van der Waals surface area contributed by atoms with Crippen LogP contribution in [0.1, 0.15) is 62.4 Å². The fourth-order valence-electron chi connectivity index (χ4n) is 5.48. The number of H-pyrrole nitrogens is 1. The number of ether oxygens (including phenoxy) is 1. The van der Waals surface area contributed by atoms with E-state index >= 15 is 0 Å². The lowest BCUT2D eigenvalue weighted by atomic mass is 9.87. The SMILES string of the molecule is CCOc1cc(-c2[nH]c3ccc(C4CCN(CC(=O)NC)CC4)cc3c2C(C)C)cc2nc(C)nn12. The number of likely N-dealkylation sites (tertiary alicyclic amines) is 1. The number of hydrogen-bond donors (Lipinski definition) is 2. The van der Waals surface area contributed by atoms with Gasteiger partial charge in [0.05, 0.1) is 18.8 Å². The van der Waals surface area contributed by atoms with E-state index in [2.05, 4.69) is 69.5 Å². The molecule has 0 aliphatic carbocycles. The Balaban J connectivity index is 1.51. The van der Waals surface area contributed by atoms with Crippen molar-refractivity contribution in [2.24, 2.45) is 0 Å². The number of aromatic nitrogens is 4. The average molecular weight is 489 g/mol. The number of rotatable bonds is 7. The van der Waals surface area contributed by atoms with E-state index in [4.69, 9.17) is 4.74 Å². The Bertz CT molecular complexity index is 1390. The summed E-state index contributed by atoms with van der Waals surface area (Å²) in [5, 5.41) is 8.51. The van der Waals surface area contributed by atoms with Gasteiger partial charge in [0.1, 0.15) is 5.82 Å². The molecule has 1 aliphatic heterocycles. The summed E-state index contributed by atoms with van der Waals surface area (Å²) in [6, 6.07) is 11.0. The Hall–Kier alpha value is -3.39. The molecular weight excluding hydrogens is 452 g/mol. The molecule has 36 heavy (non-hydrogen) atoms. The van der Waals surface area contributed by atoms with Crippen LogP contribution in [0.5, 0.6) is 5.88 Å². The van der Waals surface area contributed by atoms with Crippen molar-refractivity contribution in [3.05, 3.63) is 47.3 Å². The lowest BCUT2D eigenvalue weighted by Crippen LogP contribution is -2.40. The molecule has 3 aromatic heterocycles. The van der Waals surface area contributed by atoms with Crippen LogP contribution in [0.25, 0.3) is 27.8 Å². The largest absolute Gasteiger partial charge is 0.478 e. The smallest absolute Gasteiger partial charge is 0.233 e. The highest BCUT2D eigenvalue weighted by Crippen LogP contribution is 2.39. The van der Waals surface area contributed by atoms with Crippen molar-refractivity contribution >= 4 is 22.5 Å². The molecule has 1 aromatic carbocycles. The second kappa shape index (κ2) is 9.93. The van der Waals surface area contributed by atoms with Crippen molar-refractivity contribution in [1.29, 1.82) is 0 Å². The van der Waals surface area contributed by atoms with Crippen molar-refractivity contribution < 1.29 is 9.53 Å². The normalized spacial score (nSPS) is 15.3. The predicted octanol–water partition coefficient (Wildman–Crippen LogP) is 4.63. The van der Waals surface area contributed by atoms with Crippen molar-refractivity contribution in [2.45, 2.75) is 52.4 Å². The molecule has 1 fully saturated rings. The van der Waals surface area contributed by atoms with E-state index in [1.54, 1.807) is 11.6 Å². The van der Waals surface area contributed by atoms with Gasteiger partial charge in [0.25, 0.3) is 0 Å². The van der Waals surface area contributed by atoms with Crippen molar-refractivity contribution in [2.75, 3.05) is 33.3 Å². The molecule has 1 saturated heterocycles. The second-order valence-electron chi connectivity index (χ2n) is 10.0. The highest BCUT2D eigenvalue weighted by molar-refractivity contribution is 5.92. The van der Waals surface area contributed by atoms with E-state index in [0.29, 0.717) is 30.9 Å². The maximum Gasteiger partial charge on any atom is 0.233 e. The first kappa shape index (κ1) is 24.3. The van der Waals surface area contributed by atoms with Crippen LogP contribution in [-0.4, -0.2) is 63.7 Å². The van der Waals surface area contributed by atoms with Gasteiger partial charge in [0.2, 0.25) is 11.8 Å². The summed E-state index contributed by atoms with van der Waals surface area (Å²) in [6.07, 6.45) is 2.13. The molecule has 0 spiro atoms. The molecule has 190 valence electrons. The monoisotopic (exact) mass is 488 g/mol. The van der Waals surface area contributed by atoms with Crippen LogP contribution in [0.4, 0.5) is 0 Å². The van der Waals surface area contributed by atoms with Crippen LogP contribution < -0.4 is 10.1 Å². The molecular formula is C28H36N6O2. The number of nitrogens with one attached hydrogen (secondary N) is 2. The lowest BCUT2D eigenvalue weighted by molar-refractivity contribution is -0.122. The lowest BCUT2D eigenvalue weighted by Gasteiger charge is -2.31. The molecule has 0 atom stereocenters. The number of piperidine rings is 1. The summed E-state index contributed by atoms with van der Waals surface area (Å²) < 4.78 is 7.70. The number of aromatic amines is 1. The maximum absolute atomic E-state index is 11.8. The number of amides is 1. The van der Waals surface area contributed by atoms with Gasteiger partial charge in [0, 0.05) is 29.6 Å². The van der Waals surface area contributed by atoms with E-state index in [9.17, 15) is 4.79 Å². The number of carbonyl (C=O) groups is 1. The van der Waals surface area contributed by atoms with Crippen LogP contribution in [0, 0.1) is 6.92 Å². The minimum Gasteiger partial charge on any atom is -0.478 e. The minimum atomic E-state index is 0.0864. The molecule has 2 N–H and O–H groups in total. The molecule has 1 amide bonds. The van der Waals surface area contributed by atoms with E-state index in [1.165, 1.54) is 16.5 Å². The quantitative estimate of drug-likeness (QED) is 0.396. The average Bonchev–Trinajstić information content (AvgIpc) is 3.44. The molecule has 4 heterocycles. The number of pyridine rings is 1. The van der Waals surface area contributed by atoms with Gasteiger partial charge in [0.15, 0.2) is 5.65 Å². The molecule has 8 heteroatoms. The predicted molar refractivity (Wildman–Crippen MR) is 143 cm³/mol. The van der Waals surface area contributed by atoms with Gasteiger partial charge in [-0.2, -0.15) is 4.52 Å². The Morgan fingerprint density at radius 1 is 1.22 bits per heavy atom. The van der Waals surface area contributed by atoms with Crippen molar-refractivity contribution in [3.63, 3.8) is 0 Å². The van der Waals surface area contributed by atoms with E-state index in [-0.39, 0.29) is 5.91 Å². The van der Waals surface area contributed by atoms with Crippen molar-refractivity contribution in [1.82, 2.24) is 29.8 Å². The fraction of sp³-hybridized carbons (Fsp3) is 0.464. The number of fused-ring (bicyclic) bond motifs is 2. The summed E-state index contributed by atoms with van der Waals surface area (Å²) >= 11 is 0. The third-order valence-electron chi connectivity index (χ3n) is 7.24. The van der Waals surface area contributed by atoms with Crippen LogP contribution in [0.3, 0.4) is 0 Å². The molecule has 1 aliphatic rings. The zero-order valence-electron chi connectivity index (χ0n) is 21.9. The van der Waals surface area contributed by atoms with Crippen LogP contribution in [-0.2, 0) is 4.79 Å². The third-order valence-corrected chi connectivity index (χ3v) is 7.24. The highest BCUT2D eigenvalue weighted by atomic mass is 16.5. The summed E-state index contributed by atoms with van der Waals surface area (Å²) in [7, 11) is 1.70. The number of likely N-dealkylation sites (N-methyl/N-ethyl adjacent to an activating group) is 1. The first-order valence-electron chi connectivity index (χ1n) is 13.0. The van der Waals surface area contributed by atoms with Crippen LogP contribution in [0.15, 0.2) is 30.3 Å². The summed E-state index contributed by atoms with van der Waals surface area (Å²) in [4.78, 5) is 22.3. The van der Waals surface area contributed by atoms with Gasteiger partial charge < -0.3 is 15.0 Å². The Labute approximate surface area is 212 Å². The summed E-state index contributed by atoms with van der Waals surface area (Å²) in [5.74, 6) is 2.35. The summed E-state index contributed by atoms with van der Waals surface area (Å²) in [6.45, 7) is 11.3. The van der Waals surface area contributed by atoms with Crippen molar-refractivity contribution in [3.8, 4) is 17.1 Å². The van der Waals surface area contributed by atoms with Gasteiger partial charge in [-0.05, 0) is 80.9 Å². The number of carbonyl (C=O) groups excluding carboxylic acids is 1. The third kappa shape index (κ3) is 4.57. The molecule has 0 bridgehead atoms. The van der Waals surface area contributed by atoms with Gasteiger partial charge in [-0.15, -0.1) is 5.10 Å². The first-order chi connectivity index (χ1) is 17.4. The Morgan fingerprint density at radius 2 is 2.00 bits per heavy atom. The zero-order valence-corrected chi connectivity index (χ0v) is 21.9. The molecule has 5 rings (SSSR count). The van der Waals surface area contributed by atoms with Gasteiger partial charge in [-0.25, -0.2) is 4.98 Å². The Morgan fingerprint density at radius 3 is 2.69 bits per heavy atom. The molecule has 0 unspecified atom stereocenters. The molecule has 8 nitrogen and oxygen atoms in total. The molecule has 0 radical (unpaired) electrons. The van der Waals surface area contributed by atoms with Crippen LogP contribution in [0.2, 0.25) is 0 Å². The van der Waals surface area contributed by atoms with Crippen LogP contribution >= 0.6 is 0 Å². The van der Waals surface area contributed by atoms with Gasteiger partial charge in [-0.3, -0.25) is 9.69 Å². The van der Waals surface area contributed by atoms with Gasteiger partial charge in [-0.1, -0.05) is 19.9 Å². The number of aryl methyl sites for hydroxylation is 1. The first-order valence-corrected chi connectivity index (χ1v) is 13.0. The number of nitrogens with zero attached hydrogens (tertiary/aromatic N) is 4. The standard InChI is InChI=1S/C28H36N6O2/c1-6-36-26-15-21(14-24-30-18(4)32-34(24)26)28-27(17(2)3)22-13-20(7-8-23(22)31-28)19-9-11-33(12-10-19)16-25(35)29-5/h7-8,13-15,17,19,31H,6,9-12,16H2,1-5H3,(H,29,35).